The van der Waals surface area contributed by atoms with Crippen molar-refractivity contribution in [1.82, 2.24) is 4.90 Å². The van der Waals surface area contributed by atoms with Crippen LogP contribution in [0.3, 0.4) is 0 Å². The highest BCUT2D eigenvalue weighted by Crippen LogP contribution is 2.40. The smallest absolute Gasteiger partial charge is 0.249 e. The van der Waals surface area contributed by atoms with Gasteiger partial charge in [0, 0.05) is 16.8 Å². The van der Waals surface area contributed by atoms with Crippen molar-refractivity contribution in [3.8, 4) is 0 Å². The summed E-state index contributed by atoms with van der Waals surface area (Å²) >= 11 is 43.0. The SMILES string of the molecule is Clc1ccccc1C=CN1C(c2ccccc2)=NC(C(Cl)(Cl)Cl)=NC1C(Cl)(Cl)Cl. The van der Waals surface area contributed by atoms with E-state index in [0.29, 0.717) is 10.9 Å². The molecule has 0 saturated carbocycles. The van der Waals surface area contributed by atoms with Gasteiger partial charge in [-0.15, -0.1) is 0 Å². The van der Waals surface area contributed by atoms with Crippen molar-refractivity contribution in [3.63, 3.8) is 0 Å². The Bertz CT molecular complexity index is 960. The van der Waals surface area contributed by atoms with Gasteiger partial charge < -0.3 is 4.90 Å². The number of rotatable bonds is 3. The third kappa shape index (κ3) is 5.74. The quantitative estimate of drug-likeness (QED) is 0.377. The molecule has 0 aromatic heterocycles. The molecule has 0 N–H and O–H groups in total. The van der Waals surface area contributed by atoms with Crippen molar-refractivity contribution < 1.29 is 0 Å². The molecule has 1 aliphatic rings. The van der Waals surface area contributed by atoms with E-state index in [4.69, 9.17) is 81.2 Å². The lowest BCUT2D eigenvalue weighted by molar-refractivity contribution is 0.412. The molecule has 29 heavy (non-hydrogen) atoms. The molecule has 1 heterocycles. The number of halogens is 7. The third-order valence-corrected chi connectivity index (χ3v) is 5.30. The summed E-state index contributed by atoms with van der Waals surface area (Å²) in [7, 11) is 0. The fraction of sp³-hybridized carbons (Fsp3) is 0.158. The summed E-state index contributed by atoms with van der Waals surface area (Å²) in [5.41, 5.74) is 1.48. The highest BCUT2D eigenvalue weighted by Gasteiger charge is 2.44. The lowest BCUT2D eigenvalue weighted by Gasteiger charge is -2.37. The first-order valence-electron chi connectivity index (χ1n) is 8.14. The Hall–Kier alpha value is -0.650. The maximum Gasteiger partial charge on any atom is 0.249 e. The summed E-state index contributed by atoms with van der Waals surface area (Å²) in [6.45, 7) is 0. The number of alkyl halides is 6. The Labute approximate surface area is 203 Å². The first-order valence-corrected chi connectivity index (χ1v) is 10.8. The molecule has 1 unspecified atom stereocenters. The van der Waals surface area contributed by atoms with Gasteiger partial charge in [-0.1, -0.05) is 130 Å². The molecule has 1 aliphatic heterocycles. The Morgan fingerprint density at radius 3 is 2.07 bits per heavy atom. The predicted octanol–water partition coefficient (Wildman–Crippen LogP) is 7.54. The van der Waals surface area contributed by atoms with E-state index < -0.39 is 13.8 Å². The number of aliphatic imine (C=N–C) groups is 2. The molecule has 0 radical (unpaired) electrons. The van der Waals surface area contributed by atoms with Gasteiger partial charge in [0.05, 0.1) is 0 Å². The summed E-state index contributed by atoms with van der Waals surface area (Å²) in [5, 5.41) is 0.565. The van der Waals surface area contributed by atoms with Gasteiger partial charge in [0.15, 0.2) is 12.0 Å². The van der Waals surface area contributed by atoms with Crippen molar-refractivity contribution >= 4 is 99.0 Å². The maximum absolute atomic E-state index is 6.25. The molecule has 152 valence electrons. The van der Waals surface area contributed by atoms with Crippen molar-refractivity contribution in [3.05, 3.63) is 76.9 Å². The minimum Gasteiger partial charge on any atom is -0.306 e. The molecule has 0 saturated heterocycles. The van der Waals surface area contributed by atoms with E-state index in [0.717, 1.165) is 11.1 Å². The summed E-state index contributed by atoms with van der Waals surface area (Å²) in [4.78, 5) is 10.3. The van der Waals surface area contributed by atoms with Gasteiger partial charge in [0.1, 0.15) is 5.84 Å². The fourth-order valence-electron chi connectivity index (χ4n) is 2.57. The summed E-state index contributed by atoms with van der Waals surface area (Å²) in [6, 6.07) is 16.6. The number of amidine groups is 2. The van der Waals surface area contributed by atoms with Gasteiger partial charge in [-0.05, 0) is 17.7 Å². The van der Waals surface area contributed by atoms with Crippen molar-refractivity contribution in [2.24, 2.45) is 9.98 Å². The van der Waals surface area contributed by atoms with E-state index in [2.05, 4.69) is 9.98 Å². The second-order valence-corrected chi connectivity index (χ2v) is 11.0. The molecular formula is C19H12Cl7N3. The Balaban J connectivity index is 2.14. The van der Waals surface area contributed by atoms with Gasteiger partial charge in [0.2, 0.25) is 7.59 Å². The zero-order valence-corrected chi connectivity index (χ0v) is 19.7. The topological polar surface area (TPSA) is 28.0 Å². The van der Waals surface area contributed by atoms with E-state index in [9.17, 15) is 0 Å². The van der Waals surface area contributed by atoms with E-state index in [-0.39, 0.29) is 5.84 Å². The molecule has 0 amide bonds. The number of benzene rings is 2. The molecule has 0 fully saturated rings. The average molecular weight is 530 g/mol. The van der Waals surface area contributed by atoms with Gasteiger partial charge in [-0.2, -0.15) is 0 Å². The Kier molecular flexibility index (Phi) is 7.33. The van der Waals surface area contributed by atoms with E-state index >= 15 is 0 Å². The highest BCUT2D eigenvalue weighted by molar-refractivity contribution is 6.77. The normalized spacial score (nSPS) is 18.0. The number of nitrogens with zero attached hydrogens (tertiary/aromatic N) is 3. The molecule has 3 nitrogen and oxygen atoms in total. The van der Waals surface area contributed by atoms with E-state index in [1.807, 2.05) is 48.5 Å². The third-order valence-electron chi connectivity index (χ3n) is 3.86. The summed E-state index contributed by atoms with van der Waals surface area (Å²) in [6.07, 6.45) is 2.41. The molecule has 3 rings (SSSR count). The van der Waals surface area contributed by atoms with Crippen LogP contribution in [0.15, 0.2) is 70.8 Å². The lowest BCUT2D eigenvalue weighted by Crippen LogP contribution is -2.48. The van der Waals surface area contributed by atoms with Crippen LogP contribution in [0.2, 0.25) is 5.02 Å². The van der Waals surface area contributed by atoms with Gasteiger partial charge in [-0.3, -0.25) is 0 Å². The molecule has 2 aromatic rings. The van der Waals surface area contributed by atoms with E-state index in [1.165, 1.54) is 0 Å². The Morgan fingerprint density at radius 2 is 1.48 bits per heavy atom. The Morgan fingerprint density at radius 1 is 0.862 bits per heavy atom. The molecule has 1 atom stereocenters. The van der Waals surface area contributed by atoms with Gasteiger partial charge in [-0.25, -0.2) is 9.98 Å². The summed E-state index contributed by atoms with van der Waals surface area (Å²) in [5.74, 6) is 0.321. The zero-order valence-electron chi connectivity index (χ0n) is 14.4. The monoisotopic (exact) mass is 527 g/mol. The second-order valence-electron chi connectivity index (χ2n) is 5.91. The average Bonchev–Trinajstić information content (AvgIpc) is 2.66. The molecule has 0 spiro atoms. The molecule has 0 bridgehead atoms. The van der Waals surface area contributed by atoms with Crippen LogP contribution in [0.5, 0.6) is 0 Å². The van der Waals surface area contributed by atoms with Crippen LogP contribution in [-0.4, -0.2) is 30.3 Å². The van der Waals surface area contributed by atoms with Crippen molar-refractivity contribution in [1.29, 1.82) is 0 Å². The first-order chi connectivity index (χ1) is 13.6. The second kappa shape index (κ2) is 9.23. The van der Waals surface area contributed by atoms with Crippen LogP contribution < -0.4 is 0 Å². The zero-order chi connectivity index (χ0) is 21.2. The van der Waals surface area contributed by atoms with Crippen LogP contribution in [0.1, 0.15) is 11.1 Å². The fourth-order valence-corrected chi connectivity index (χ4v) is 3.51. The maximum atomic E-state index is 6.25. The number of hydrogen-bond acceptors (Lipinski definition) is 3. The minimum atomic E-state index is -1.90. The van der Waals surface area contributed by atoms with Crippen LogP contribution in [0, 0.1) is 0 Å². The van der Waals surface area contributed by atoms with Crippen LogP contribution >= 0.6 is 81.2 Å². The molecular weight excluding hydrogens is 518 g/mol. The molecule has 0 aliphatic carbocycles. The van der Waals surface area contributed by atoms with E-state index in [1.54, 1.807) is 23.2 Å². The highest BCUT2D eigenvalue weighted by atomic mass is 35.6. The minimum absolute atomic E-state index is 0.0833. The van der Waals surface area contributed by atoms with Crippen LogP contribution in [-0.2, 0) is 0 Å². The van der Waals surface area contributed by atoms with Gasteiger partial charge >= 0.3 is 0 Å². The van der Waals surface area contributed by atoms with Gasteiger partial charge in [0.25, 0.3) is 0 Å². The first kappa shape index (κ1) is 23.0. The standard InChI is InChI=1S/C19H12Cl7N3/c20-14-9-5-4-6-12(14)10-11-29-15(13-7-2-1-3-8-13)27-16(18(21,22)23)28-17(29)19(24,25)26/h1-11,17H. The molecule has 10 heteroatoms. The predicted molar refractivity (Wildman–Crippen MR) is 127 cm³/mol. The van der Waals surface area contributed by atoms with Crippen LogP contribution in [0.4, 0.5) is 0 Å². The largest absolute Gasteiger partial charge is 0.306 e. The summed E-state index contributed by atoms with van der Waals surface area (Å²) < 4.78 is -3.74. The van der Waals surface area contributed by atoms with Crippen LogP contribution in [0.25, 0.3) is 6.08 Å². The molecule has 2 aromatic carbocycles. The lowest BCUT2D eigenvalue weighted by atomic mass is 10.1. The van der Waals surface area contributed by atoms with Crippen molar-refractivity contribution in [2.45, 2.75) is 13.8 Å². The van der Waals surface area contributed by atoms with Crippen molar-refractivity contribution in [2.75, 3.05) is 0 Å². The number of hydrogen-bond donors (Lipinski definition) is 0.